The van der Waals surface area contributed by atoms with Gasteiger partial charge in [-0.3, -0.25) is 29.7 Å². The second kappa shape index (κ2) is 17.8. The number of hydrogen-bond donors (Lipinski definition) is 4. The van der Waals surface area contributed by atoms with Gasteiger partial charge in [-0.2, -0.15) is 5.10 Å². The van der Waals surface area contributed by atoms with Crippen molar-refractivity contribution in [2.24, 2.45) is 0 Å². The summed E-state index contributed by atoms with van der Waals surface area (Å²) in [5, 5.41) is 17.2. The lowest BCUT2D eigenvalue weighted by molar-refractivity contribution is -0.135. The number of H-pyrrole nitrogens is 1. The van der Waals surface area contributed by atoms with Gasteiger partial charge in [0.25, 0.3) is 5.91 Å². The van der Waals surface area contributed by atoms with Crippen molar-refractivity contribution in [1.29, 1.82) is 0 Å². The number of carbonyl (C=O) groups excluding carboxylic acids is 3. The third-order valence-electron chi connectivity index (χ3n) is 12.2. The lowest BCUT2D eigenvalue weighted by Crippen LogP contribution is -2.46. The first-order valence-electron chi connectivity index (χ1n) is 21.2. The molecule has 5 heterocycles. The monoisotopic (exact) mass is 829 g/mol. The smallest absolute Gasteiger partial charge is 0.258 e. The van der Waals surface area contributed by atoms with E-state index in [-0.39, 0.29) is 23.8 Å². The third kappa shape index (κ3) is 9.13. The number of ether oxygens (including phenoxy) is 1. The summed E-state index contributed by atoms with van der Waals surface area (Å²) >= 11 is 0. The molecular weight excluding hydrogens is 781 g/mol. The van der Waals surface area contributed by atoms with Crippen molar-refractivity contribution < 1.29 is 27.9 Å². The molecule has 0 spiro atoms. The molecule has 3 saturated heterocycles. The number of imidazole rings is 1. The first kappa shape index (κ1) is 40.2. The average molecular weight is 830 g/mol. The molecule has 0 aliphatic carbocycles. The SMILES string of the molecule is O=C1CCC(n2cnc3c(CCCCN4CCN(c5ccc(C(=O)Nc6n[nH]c7ccc(Cc8cc(F)cc(F)c8)cc67)c(NC6CCOCC6)c5)CC4)cccc32)C(=O)N1. The number of fused-ring (bicyclic) bond motifs is 2. The van der Waals surface area contributed by atoms with Crippen LogP contribution in [0.4, 0.5) is 26.0 Å². The average Bonchev–Trinajstić information content (AvgIpc) is 3.87. The number of anilines is 3. The number of unbranched alkanes of at least 4 members (excludes halogenated alkanes) is 1. The van der Waals surface area contributed by atoms with E-state index in [1.807, 2.05) is 47.0 Å². The van der Waals surface area contributed by atoms with E-state index < -0.39 is 17.7 Å². The van der Waals surface area contributed by atoms with E-state index >= 15 is 0 Å². The molecule has 61 heavy (non-hydrogen) atoms. The summed E-state index contributed by atoms with van der Waals surface area (Å²) in [5.41, 5.74) is 7.39. The second-order valence-electron chi connectivity index (χ2n) is 16.3. The van der Waals surface area contributed by atoms with Gasteiger partial charge < -0.3 is 24.8 Å². The van der Waals surface area contributed by atoms with Crippen LogP contribution in [-0.2, 0) is 27.2 Å². The fraction of sp³-hybridized carbons (Fsp3) is 0.370. The highest BCUT2D eigenvalue weighted by molar-refractivity contribution is 6.11. The largest absolute Gasteiger partial charge is 0.381 e. The van der Waals surface area contributed by atoms with Crippen LogP contribution in [0.3, 0.4) is 0 Å². The predicted molar refractivity (Wildman–Crippen MR) is 230 cm³/mol. The normalized spacial score (nSPS) is 17.9. The molecule has 1 unspecified atom stereocenters. The summed E-state index contributed by atoms with van der Waals surface area (Å²) in [6, 6.07) is 20.9. The zero-order valence-electron chi connectivity index (χ0n) is 33.9. The molecule has 0 bridgehead atoms. The second-order valence-corrected chi connectivity index (χ2v) is 16.3. The van der Waals surface area contributed by atoms with Gasteiger partial charge in [0.15, 0.2) is 5.82 Å². The zero-order chi connectivity index (χ0) is 41.9. The highest BCUT2D eigenvalue weighted by atomic mass is 19.1. The van der Waals surface area contributed by atoms with Gasteiger partial charge in [0.05, 0.1) is 28.4 Å². The van der Waals surface area contributed by atoms with E-state index in [2.05, 4.69) is 53.1 Å². The summed E-state index contributed by atoms with van der Waals surface area (Å²) in [6.07, 6.45) is 7.48. The van der Waals surface area contributed by atoms with Gasteiger partial charge >= 0.3 is 0 Å². The minimum absolute atomic E-state index is 0.168. The Morgan fingerprint density at radius 2 is 1.70 bits per heavy atom. The number of benzene rings is 4. The quantitative estimate of drug-likeness (QED) is 0.0733. The van der Waals surface area contributed by atoms with Crippen LogP contribution in [0.1, 0.15) is 71.6 Å². The van der Waals surface area contributed by atoms with E-state index in [4.69, 9.17) is 4.74 Å². The molecule has 1 atom stereocenters. The van der Waals surface area contributed by atoms with Crippen molar-refractivity contribution in [2.75, 3.05) is 61.5 Å². The molecule has 4 aromatic carbocycles. The number of piperazine rings is 1. The van der Waals surface area contributed by atoms with Gasteiger partial charge in [-0.25, -0.2) is 13.8 Å². The standard InChI is InChI=1S/C46H49F2N9O4/c47-32-23-30(24-33(48)26-32)22-29-7-10-38-37(25-29)44(54-53-38)52-45(59)36-9-8-35(27-39(36)50-34-13-20-61-21-14-34)56-18-16-55(17-19-56)15-2-1-4-31-5-3-6-40-43(31)49-28-57(40)41-11-12-42(58)51-46(41)60/h3,5-10,23-28,34,41,50H,1-2,4,11-22H2,(H,51,58,60)(H2,52,53,54,59). The molecule has 0 saturated carbocycles. The Labute approximate surface area is 351 Å². The predicted octanol–water partition coefficient (Wildman–Crippen LogP) is 6.75. The van der Waals surface area contributed by atoms with Crippen LogP contribution in [0.25, 0.3) is 21.9 Å². The summed E-state index contributed by atoms with van der Waals surface area (Å²) in [5.74, 6) is -1.66. The van der Waals surface area contributed by atoms with Crippen LogP contribution < -0.4 is 20.9 Å². The Balaban J connectivity index is 0.822. The van der Waals surface area contributed by atoms with Crippen LogP contribution in [0.2, 0.25) is 0 Å². The first-order valence-corrected chi connectivity index (χ1v) is 21.2. The molecule has 2 aromatic heterocycles. The Kier molecular flexibility index (Phi) is 11.7. The molecule has 9 rings (SSSR count). The van der Waals surface area contributed by atoms with Crippen molar-refractivity contribution in [3.05, 3.63) is 113 Å². The maximum atomic E-state index is 14.0. The van der Waals surface area contributed by atoms with Crippen LogP contribution in [0, 0.1) is 11.6 Å². The minimum atomic E-state index is -0.624. The van der Waals surface area contributed by atoms with Crippen LogP contribution in [0.5, 0.6) is 0 Å². The van der Waals surface area contributed by atoms with Gasteiger partial charge in [-0.15, -0.1) is 0 Å². The number of piperidine rings is 1. The number of hydrogen-bond acceptors (Lipinski definition) is 9. The molecule has 4 N–H and O–H groups in total. The summed E-state index contributed by atoms with van der Waals surface area (Å²) in [4.78, 5) is 47.8. The number of imide groups is 1. The lowest BCUT2D eigenvalue weighted by atomic mass is 10.0. The molecular formula is C46H49F2N9O4. The topological polar surface area (TPSA) is 150 Å². The maximum absolute atomic E-state index is 14.0. The number of nitrogens with one attached hydrogen (secondary N) is 4. The molecule has 0 radical (unpaired) electrons. The number of nitrogens with zero attached hydrogens (tertiary/aromatic N) is 5. The Morgan fingerprint density at radius 3 is 2.51 bits per heavy atom. The number of aromatic amines is 1. The molecule has 3 aliphatic heterocycles. The first-order chi connectivity index (χ1) is 29.7. The van der Waals surface area contributed by atoms with Crippen LogP contribution in [-0.4, -0.2) is 94.3 Å². The fourth-order valence-electron chi connectivity index (χ4n) is 8.89. The number of para-hydroxylation sites is 1. The van der Waals surface area contributed by atoms with Gasteiger partial charge in [-0.05, 0) is 117 Å². The van der Waals surface area contributed by atoms with E-state index in [1.54, 1.807) is 6.33 Å². The number of aromatic nitrogens is 4. The van der Waals surface area contributed by atoms with Gasteiger partial charge in [-0.1, -0.05) is 18.2 Å². The van der Waals surface area contributed by atoms with Crippen LogP contribution >= 0.6 is 0 Å². The minimum Gasteiger partial charge on any atom is -0.381 e. The molecule has 15 heteroatoms. The van der Waals surface area contributed by atoms with Gasteiger partial charge in [0.1, 0.15) is 17.7 Å². The van der Waals surface area contributed by atoms with Crippen molar-refractivity contribution in [3.8, 4) is 0 Å². The molecule has 3 aliphatic rings. The number of rotatable bonds is 13. The Hall–Kier alpha value is -6.19. The molecule has 316 valence electrons. The van der Waals surface area contributed by atoms with E-state index in [0.717, 1.165) is 104 Å². The van der Waals surface area contributed by atoms with Crippen molar-refractivity contribution in [3.63, 3.8) is 0 Å². The van der Waals surface area contributed by atoms with E-state index in [9.17, 15) is 23.2 Å². The number of amides is 3. The maximum Gasteiger partial charge on any atom is 0.258 e. The van der Waals surface area contributed by atoms with E-state index in [1.165, 1.54) is 17.7 Å². The molecule has 13 nitrogen and oxygen atoms in total. The van der Waals surface area contributed by atoms with Gasteiger partial charge in [0.2, 0.25) is 11.8 Å². The Morgan fingerprint density at radius 1 is 0.885 bits per heavy atom. The highest BCUT2D eigenvalue weighted by Gasteiger charge is 2.29. The summed E-state index contributed by atoms with van der Waals surface area (Å²) < 4.78 is 35.3. The third-order valence-corrected chi connectivity index (χ3v) is 12.2. The number of aryl methyl sites for hydroxylation is 1. The summed E-state index contributed by atoms with van der Waals surface area (Å²) in [6.45, 7) is 5.91. The van der Waals surface area contributed by atoms with E-state index in [0.29, 0.717) is 54.8 Å². The fourth-order valence-corrected chi connectivity index (χ4v) is 8.89. The summed E-state index contributed by atoms with van der Waals surface area (Å²) in [7, 11) is 0. The molecule has 3 fully saturated rings. The highest BCUT2D eigenvalue weighted by Crippen LogP contribution is 2.31. The number of carbonyl (C=O) groups is 3. The number of halogens is 2. The molecule has 6 aromatic rings. The van der Waals surface area contributed by atoms with Crippen molar-refractivity contribution in [1.82, 2.24) is 30.0 Å². The van der Waals surface area contributed by atoms with Gasteiger partial charge in [0, 0.05) is 74.7 Å². The van der Waals surface area contributed by atoms with Crippen molar-refractivity contribution in [2.45, 2.75) is 63.5 Å². The zero-order valence-corrected chi connectivity index (χ0v) is 33.9. The molecule has 3 amide bonds. The van der Waals surface area contributed by atoms with Crippen molar-refractivity contribution >= 4 is 56.9 Å². The van der Waals surface area contributed by atoms with Crippen LogP contribution in [0.15, 0.2) is 79.1 Å². The lowest BCUT2D eigenvalue weighted by Gasteiger charge is -2.36. The Bertz CT molecular complexity index is 2560.